The van der Waals surface area contributed by atoms with Crippen LogP contribution in [0.3, 0.4) is 0 Å². The lowest BCUT2D eigenvalue weighted by molar-refractivity contribution is 0.303. The van der Waals surface area contributed by atoms with Crippen molar-refractivity contribution in [2.45, 2.75) is 26.9 Å². The summed E-state index contributed by atoms with van der Waals surface area (Å²) in [6, 6.07) is 10.1. The fraction of sp³-hybridized carbons (Fsp3) is 0.286. The fourth-order valence-electron chi connectivity index (χ4n) is 1.65. The van der Waals surface area contributed by atoms with Crippen molar-refractivity contribution in [2.24, 2.45) is 0 Å². The summed E-state index contributed by atoms with van der Waals surface area (Å²) in [5.74, 6) is 0.865. The summed E-state index contributed by atoms with van der Waals surface area (Å²) in [5, 5.41) is 9.83. The first-order chi connectivity index (χ1) is 8.74. The number of para-hydroxylation sites is 1. The first-order valence-electron chi connectivity index (χ1n) is 5.81. The van der Waals surface area contributed by atoms with Crippen LogP contribution in [0.4, 0.5) is 0 Å². The lowest BCUT2D eigenvalue weighted by Gasteiger charge is -2.06. The molecular formula is C14H14N2OS. The molecule has 0 unspecified atom stereocenters. The molecule has 0 bridgehead atoms. The van der Waals surface area contributed by atoms with E-state index in [1.54, 1.807) is 0 Å². The standard InChI is InChI=1S/C14H14N2OS/c1-3-11-13(8-15)18-14(16-11)9-17-12-7-5-4-6-10(12)2/h4-7H,3,9H2,1-2H3. The van der Waals surface area contributed by atoms with Crippen LogP contribution in [0.1, 0.15) is 28.1 Å². The Morgan fingerprint density at radius 3 is 2.78 bits per heavy atom. The number of benzene rings is 1. The van der Waals surface area contributed by atoms with E-state index in [0.29, 0.717) is 11.5 Å². The average Bonchev–Trinajstić information content (AvgIpc) is 2.80. The van der Waals surface area contributed by atoms with Gasteiger partial charge in [0.25, 0.3) is 0 Å². The summed E-state index contributed by atoms with van der Waals surface area (Å²) >= 11 is 1.41. The maximum atomic E-state index is 8.97. The Morgan fingerprint density at radius 2 is 2.17 bits per heavy atom. The van der Waals surface area contributed by atoms with Crippen molar-refractivity contribution in [2.75, 3.05) is 0 Å². The van der Waals surface area contributed by atoms with Gasteiger partial charge in [0.2, 0.25) is 0 Å². The molecule has 1 heterocycles. The molecule has 0 spiro atoms. The minimum absolute atomic E-state index is 0.421. The van der Waals surface area contributed by atoms with Crippen molar-refractivity contribution in [3.63, 3.8) is 0 Å². The third kappa shape index (κ3) is 2.69. The van der Waals surface area contributed by atoms with Crippen LogP contribution in [0.5, 0.6) is 5.75 Å². The van der Waals surface area contributed by atoms with E-state index in [-0.39, 0.29) is 0 Å². The molecule has 0 aliphatic rings. The van der Waals surface area contributed by atoms with Crippen molar-refractivity contribution >= 4 is 11.3 Å². The van der Waals surface area contributed by atoms with E-state index >= 15 is 0 Å². The van der Waals surface area contributed by atoms with Crippen LogP contribution in [-0.2, 0) is 13.0 Å². The molecule has 92 valence electrons. The Kier molecular flexibility index (Phi) is 3.96. The van der Waals surface area contributed by atoms with Crippen LogP contribution >= 0.6 is 11.3 Å². The van der Waals surface area contributed by atoms with Gasteiger partial charge < -0.3 is 4.74 Å². The Balaban J connectivity index is 2.09. The number of aromatic nitrogens is 1. The number of thiazole rings is 1. The van der Waals surface area contributed by atoms with E-state index in [4.69, 9.17) is 10.00 Å². The van der Waals surface area contributed by atoms with Crippen LogP contribution in [0.25, 0.3) is 0 Å². The second-order valence-electron chi connectivity index (χ2n) is 3.90. The zero-order valence-electron chi connectivity index (χ0n) is 10.4. The third-order valence-electron chi connectivity index (χ3n) is 2.62. The van der Waals surface area contributed by atoms with Gasteiger partial charge in [0, 0.05) is 0 Å². The number of hydrogen-bond acceptors (Lipinski definition) is 4. The van der Waals surface area contributed by atoms with Crippen LogP contribution in [0.15, 0.2) is 24.3 Å². The zero-order valence-corrected chi connectivity index (χ0v) is 11.3. The molecule has 2 aromatic rings. The molecular weight excluding hydrogens is 244 g/mol. The number of rotatable bonds is 4. The molecule has 1 aromatic carbocycles. The quantitative estimate of drug-likeness (QED) is 0.843. The topological polar surface area (TPSA) is 45.9 Å². The van der Waals surface area contributed by atoms with Gasteiger partial charge in [-0.05, 0) is 25.0 Å². The molecule has 0 fully saturated rings. The largest absolute Gasteiger partial charge is 0.486 e. The molecule has 0 atom stereocenters. The Hall–Kier alpha value is -1.86. The summed E-state index contributed by atoms with van der Waals surface area (Å²) in [5.41, 5.74) is 1.97. The van der Waals surface area contributed by atoms with Crippen molar-refractivity contribution in [3.05, 3.63) is 45.4 Å². The van der Waals surface area contributed by atoms with Crippen molar-refractivity contribution in [1.29, 1.82) is 5.26 Å². The number of hydrogen-bond donors (Lipinski definition) is 0. The predicted molar refractivity (Wildman–Crippen MR) is 71.7 cm³/mol. The number of nitrogens with zero attached hydrogens (tertiary/aromatic N) is 2. The monoisotopic (exact) mass is 258 g/mol. The molecule has 0 radical (unpaired) electrons. The third-order valence-corrected chi connectivity index (χ3v) is 3.60. The van der Waals surface area contributed by atoms with Crippen LogP contribution in [0.2, 0.25) is 0 Å². The predicted octanol–water partition coefficient (Wildman–Crippen LogP) is 3.46. The Bertz CT molecular complexity index is 584. The van der Waals surface area contributed by atoms with Crippen LogP contribution in [-0.4, -0.2) is 4.98 Å². The minimum Gasteiger partial charge on any atom is -0.486 e. The summed E-state index contributed by atoms with van der Waals surface area (Å²) in [6.45, 7) is 4.43. The van der Waals surface area contributed by atoms with Crippen molar-refractivity contribution in [3.8, 4) is 11.8 Å². The maximum absolute atomic E-state index is 8.97. The van der Waals surface area contributed by atoms with Crippen molar-refractivity contribution < 1.29 is 4.74 Å². The zero-order chi connectivity index (χ0) is 13.0. The minimum atomic E-state index is 0.421. The highest BCUT2D eigenvalue weighted by Crippen LogP contribution is 2.22. The molecule has 0 saturated carbocycles. The highest BCUT2D eigenvalue weighted by Gasteiger charge is 2.09. The van der Waals surface area contributed by atoms with Crippen LogP contribution < -0.4 is 4.74 Å². The van der Waals surface area contributed by atoms with Gasteiger partial charge in [-0.15, -0.1) is 11.3 Å². The number of ether oxygens (including phenoxy) is 1. The lowest BCUT2D eigenvalue weighted by atomic mass is 10.2. The lowest BCUT2D eigenvalue weighted by Crippen LogP contribution is -1.96. The van der Waals surface area contributed by atoms with Gasteiger partial charge in [-0.1, -0.05) is 25.1 Å². The average molecular weight is 258 g/mol. The smallest absolute Gasteiger partial charge is 0.140 e. The van der Waals surface area contributed by atoms with Gasteiger partial charge in [-0.2, -0.15) is 5.26 Å². The normalized spacial score (nSPS) is 10.1. The summed E-state index contributed by atoms with van der Waals surface area (Å²) in [7, 11) is 0. The molecule has 1 aromatic heterocycles. The van der Waals surface area contributed by atoms with E-state index < -0.39 is 0 Å². The molecule has 4 heteroatoms. The van der Waals surface area contributed by atoms with Gasteiger partial charge in [0.15, 0.2) is 0 Å². The molecule has 18 heavy (non-hydrogen) atoms. The molecule has 0 aliphatic carbocycles. The molecule has 0 saturated heterocycles. The summed E-state index contributed by atoms with van der Waals surface area (Å²) < 4.78 is 5.72. The van der Waals surface area contributed by atoms with Gasteiger partial charge in [-0.3, -0.25) is 0 Å². The Labute approximate surface area is 111 Å². The molecule has 0 N–H and O–H groups in total. The molecule has 0 aliphatic heterocycles. The van der Waals surface area contributed by atoms with Crippen molar-refractivity contribution in [1.82, 2.24) is 4.98 Å². The van der Waals surface area contributed by atoms with E-state index in [1.165, 1.54) is 11.3 Å². The van der Waals surface area contributed by atoms with Gasteiger partial charge in [0.05, 0.1) is 5.69 Å². The fourth-order valence-corrected chi connectivity index (χ4v) is 2.51. The number of nitriles is 1. The number of aryl methyl sites for hydroxylation is 2. The van der Waals surface area contributed by atoms with E-state index in [9.17, 15) is 0 Å². The molecule has 2 rings (SSSR count). The summed E-state index contributed by atoms with van der Waals surface area (Å²) in [6.07, 6.45) is 0.782. The van der Waals surface area contributed by atoms with Crippen LogP contribution in [0, 0.1) is 18.3 Å². The first kappa shape index (κ1) is 12.6. The SMILES string of the molecule is CCc1nc(COc2ccccc2C)sc1C#N. The molecule has 3 nitrogen and oxygen atoms in total. The van der Waals surface area contributed by atoms with E-state index in [1.807, 2.05) is 38.1 Å². The van der Waals surface area contributed by atoms with Gasteiger partial charge >= 0.3 is 0 Å². The maximum Gasteiger partial charge on any atom is 0.140 e. The Morgan fingerprint density at radius 1 is 1.39 bits per heavy atom. The second-order valence-corrected chi connectivity index (χ2v) is 4.99. The summed E-state index contributed by atoms with van der Waals surface area (Å²) in [4.78, 5) is 5.11. The molecule has 0 amide bonds. The van der Waals surface area contributed by atoms with E-state index in [0.717, 1.165) is 28.4 Å². The second kappa shape index (κ2) is 5.65. The van der Waals surface area contributed by atoms with Gasteiger partial charge in [0.1, 0.15) is 28.3 Å². The first-order valence-corrected chi connectivity index (χ1v) is 6.63. The highest BCUT2D eigenvalue weighted by molar-refractivity contribution is 7.12. The van der Waals surface area contributed by atoms with E-state index in [2.05, 4.69) is 11.1 Å². The van der Waals surface area contributed by atoms with Gasteiger partial charge in [-0.25, -0.2) is 4.98 Å². The highest BCUT2D eigenvalue weighted by atomic mass is 32.1.